The molecule has 22 heteroatoms. The maximum Gasteiger partial charge on any atom is 0.416 e. The fourth-order valence-electron chi connectivity index (χ4n) is 9.08. The zero-order valence-electron chi connectivity index (χ0n) is 44.1. The number of aromatic nitrogens is 4. The third-order valence-electron chi connectivity index (χ3n) is 13.9. The van der Waals surface area contributed by atoms with Crippen LogP contribution in [0.5, 0.6) is 0 Å². The molecule has 0 bridgehead atoms. The van der Waals surface area contributed by atoms with Crippen molar-refractivity contribution in [2.24, 2.45) is 0 Å². The lowest BCUT2D eigenvalue weighted by molar-refractivity contribution is -0.138. The molecule has 2 amide bonds. The van der Waals surface area contributed by atoms with Gasteiger partial charge in [-0.15, -0.1) is 22.7 Å². The first-order valence-corrected chi connectivity index (χ1v) is 27.3. The van der Waals surface area contributed by atoms with Gasteiger partial charge >= 0.3 is 6.18 Å². The Labute approximate surface area is 466 Å². The van der Waals surface area contributed by atoms with Crippen molar-refractivity contribution >= 4 is 56.7 Å². The molecule has 416 valence electrons. The van der Waals surface area contributed by atoms with E-state index in [0.717, 1.165) is 63.4 Å². The maximum absolute atomic E-state index is 15.0. The summed E-state index contributed by atoms with van der Waals surface area (Å²) in [6.07, 6.45) is 2.86. The molecule has 0 saturated carbocycles. The number of nitrogens with zero attached hydrogens (tertiary/aromatic N) is 8. The summed E-state index contributed by atoms with van der Waals surface area (Å²) in [5, 5.41) is 13.6. The fraction of sp³-hybridized carbons (Fsp3) is 0.276. The lowest BCUT2D eigenvalue weighted by Crippen LogP contribution is -2.44. The minimum absolute atomic E-state index is 0.0300. The number of benzene rings is 4. The Kier molecular flexibility index (Phi) is 18.1. The fourth-order valence-corrected chi connectivity index (χ4v) is 10.6. The number of thiazole rings is 2. The zero-order valence-corrected chi connectivity index (χ0v) is 45.7. The van der Waals surface area contributed by atoms with E-state index in [9.17, 15) is 40.3 Å². The Morgan fingerprint density at radius 1 is 0.613 bits per heavy atom. The van der Waals surface area contributed by atoms with Crippen LogP contribution in [0.3, 0.4) is 0 Å². The van der Waals surface area contributed by atoms with Crippen LogP contribution < -0.4 is 16.0 Å². The highest BCUT2D eigenvalue weighted by Crippen LogP contribution is 2.35. The van der Waals surface area contributed by atoms with E-state index in [1.165, 1.54) is 29.5 Å². The van der Waals surface area contributed by atoms with Crippen molar-refractivity contribution in [3.05, 3.63) is 187 Å². The molecular weight excluding hydrogens is 1080 g/mol. The van der Waals surface area contributed by atoms with Gasteiger partial charge in [-0.25, -0.2) is 27.5 Å². The van der Waals surface area contributed by atoms with Crippen LogP contribution in [-0.4, -0.2) is 118 Å². The quantitative estimate of drug-likeness (QED) is 0.0709. The summed E-state index contributed by atoms with van der Waals surface area (Å²) in [7, 11) is 3.92. The first-order valence-electron chi connectivity index (χ1n) is 25.5. The van der Waals surface area contributed by atoms with E-state index >= 15 is 0 Å². The highest BCUT2D eigenvalue weighted by Gasteiger charge is 2.35. The van der Waals surface area contributed by atoms with Gasteiger partial charge < -0.3 is 25.8 Å². The van der Waals surface area contributed by atoms with Crippen LogP contribution in [0.4, 0.5) is 52.9 Å². The number of piperazine rings is 2. The Morgan fingerprint density at radius 2 is 1.18 bits per heavy atom. The minimum atomic E-state index is -4.56. The molecule has 2 saturated heterocycles. The van der Waals surface area contributed by atoms with Gasteiger partial charge in [-0.05, 0) is 111 Å². The molecule has 4 aromatic heterocycles. The van der Waals surface area contributed by atoms with E-state index in [4.69, 9.17) is 4.98 Å². The predicted molar refractivity (Wildman–Crippen MR) is 298 cm³/mol. The summed E-state index contributed by atoms with van der Waals surface area (Å²) in [4.78, 5) is 51.3. The molecule has 4 aromatic carbocycles. The summed E-state index contributed by atoms with van der Waals surface area (Å²) >= 11 is 2.90. The van der Waals surface area contributed by atoms with E-state index < -0.39 is 57.9 Å². The summed E-state index contributed by atoms with van der Waals surface area (Å²) < 4.78 is 102. The van der Waals surface area contributed by atoms with Crippen molar-refractivity contribution in [1.29, 1.82) is 0 Å². The second-order valence-corrected chi connectivity index (χ2v) is 21.5. The number of alkyl halides is 3. The molecule has 0 spiro atoms. The summed E-state index contributed by atoms with van der Waals surface area (Å²) in [6, 6.07) is 21.6. The van der Waals surface area contributed by atoms with Crippen molar-refractivity contribution in [2.75, 3.05) is 82.4 Å². The standard InChI is InChI=1S/C30H30F3N5OS.C28H26F4N6OS/c1-20-5-8-25(14-24(20)16-28-36-27(19-40-28)22-4-3-9-34-17-22)35-29(39)21-6-7-23(26(15-21)30(31,32)33)18-38-12-10-37(2)11-13-38;1-16-5-6-18(12-20(16)35-28-36-21(15-40-28)17-4-3-7-33-13-17)34-27(39)22-25(31)23(29)19(24(30)26(22)32)14-38-10-8-37(2)9-11-38/h3-9,14-15,17,19H,10-13,16,18H2,1-2H3,(H,35,39);3-7,12-13,15H,8-11,14H2,1-2H3,(H,34,39)(H,35,36). The Balaban J connectivity index is 0.000000194. The smallest absolute Gasteiger partial charge is 0.331 e. The first kappa shape index (κ1) is 57.2. The van der Waals surface area contributed by atoms with Crippen LogP contribution in [0.15, 0.2) is 114 Å². The normalized spacial score (nSPS) is 14.6. The number of halogens is 7. The highest BCUT2D eigenvalue weighted by atomic mass is 32.1. The molecular formula is C58H56F7N11O2S2. The van der Waals surface area contributed by atoms with Crippen LogP contribution in [-0.2, 0) is 25.7 Å². The molecule has 2 aliphatic heterocycles. The first-order chi connectivity index (χ1) is 38.4. The van der Waals surface area contributed by atoms with Crippen molar-refractivity contribution in [2.45, 2.75) is 39.5 Å². The van der Waals surface area contributed by atoms with Crippen LogP contribution in [0, 0.1) is 37.1 Å². The van der Waals surface area contributed by atoms with Crippen molar-refractivity contribution in [1.82, 2.24) is 39.5 Å². The molecule has 3 N–H and O–H groups in total. The lowest BCUT2D eigenvalue weighted by Gasteiger charge is -2.33. The average Bonchev–Trinajstić information content (AvgIpc) is 4.16. The molecule has 2 fully saturated rings. The minimum Gasteiger partial charge on any atom is -0.331 e. The average molecular weight is 1140 g/mol. The number of hydrogen-bond acceptors (Lipinski definition) is 13. The molecule has 0 atom stereocenters. The third kappa shape index (κ3) is 14.1. The van der Waals surface area contributed by atoms with E-state index in [-0.39, 0.29) is 29.9 Å². The van der Waals surface area contributed by atoms with Gasteiger partial charge in [0, 0.05) is 147 Å². The highest BCUT2D eigenvalue weighted by molar-refractivity contribution is 7.14. The van der Waals surface area contributed by atoms with Crippen molar-refractivity contribution in [3.8, 4) is 22.5 Å². The summed E-state index contributed by atoms with van der Waals surface area (Å²) in [5.41, 5.74) is 4.79. The second kappa shape index (κ2) is 25.3. The van der Waals surface area contributed by atoms with Gasteiger partial charge in [0.15, 0.2) is 28.4 Å². The summed E-state index contributed by atoms with van der Waals surface area (Å²) in [6.45, 7) is 9.06. The number of carbonyl (C=O) groups excluding carboxylic acids is 2. The molecule has 2 aliphatic rings. The Hall–Kier alpha value is -7.47. The van der Waals surface area contributed by atoms with E-state index in [1.807, 2.05) is 84.9 Å². The molecule has 0 unspecified atom stereocenters. The number of nitrogens with one attached hydrogen (secondary N) is 3. The maximum atomic E-state index is 15.0. The van der Waals surface area contributed by atoms with E-state index in [1.54, 1.807) is 59.2 Å². The topological polar surface area (TPSA) is 135 Å². The summed E-state index contributed by atoms with van der Waals surface area (Å²) in [5.74, 6) is -8.47. The zero-order chi connectivity index (χ0) is 56.7. The van der Waals surface area contributed by atoms with E-state index in [0.29, 0.717) is 62.2 Å². The molecule has 13 nitrogen and oxygen atoms in total. The second-order valence-electron chi connectivity index (χ2n) is 19.7. The number of rotatable bonds is 14. The Morgan fingerprint density at radius 3 is 1.77 bits per heavy atom. The number of likely N-dealkylation sites (N-methyl/N-ethyl adjacent to an activating group) is 2. The van der Waals surface area contributed by atoms with E-state index in [2.05, 4.69) is 35.8 Å². The van der Waals surface area contributed by atoms with Crippen LogP contribution in [0.25, 0.3) is 22.5 Å². The van der Waals surface area contributed by atoms with Crippen molar-refractivity contribution in [3.63, 3.8) is 0 Å². The number of anilines is 4. The Bertz CT molecular complexity index is 3450. The monoisotopic (exact) mass is 1140 g/mol. The molecule has 0 radical (unpaired) electrons. The van der Waals surface area contributed by atoms with Gasteiger partial charge in [0.2, 0.25) is 0 Å². The predicted octanol–water partition coefficient (Wildman–Crippen LogP) is 11.9. The lowest BCUT2D eigenvalue weighted by atomic mass is 10.0. The molecule has 8 aromatic rings. The number of hydrogen-bond donors (Lipinski definition) is 3. The molecule has 80 heavy (non-hydrogen) atoms. The molecule has 6 heterocycles. The van der Waals surface area contributed by atoms with Gasteiger partial charge in [0.05, 0.1) is 22.0 Å². The van der Waals surface area contributed by atoms with Gasteiger partial charge in [0.25, 0.3) is 11.8 Å². The number of amides is 2. The number of pyridine rings is 2. The van der Waals surface area contributed by atoms with Crippen LogP contribution >= 0.6 is 22.7 Å². The molecule has 10 rings (SSSR count). The third-order valence-corrected chi connectivity index (χ3v) is 15.5. The number of carbonyl (C=O) groups is 2. The van der Waals surface area contributed by atoms with Crippen LogP contribution in [0.1, 0.15) is 59.1 Å². The van der Waals surface area contributed by atoms with Gasteiger partial charge in [-0.3, -0.25) is 29.4 Å². The van der Waals surface area contributed by atoms with Gasteiger partial charge in [-0.2, -0.15) is 13.2 Å². The largest absolute Gasteiger partial charge is 0.416 e. The van der Waals surface area contributed by atoms with Crippen LogP contribution in [0.2, 0.25) is 0 Å². The molecule has 0 aliphatic carbocycles. The van der Waals surface area contributed by atoms with Gasteiger partial charge in [-0.1, -0.05) is 18.2 Å². The number of aryl methyl sites for hydroxylation is 2. The van der Waals surface area contributed by atoms with Crippen molar-refractivity contribution < 1.29 is 40.3 Å². The van der Waals surface area contributed by atoms with Gasteiger partial charge in [0.1, 0.15) is 5.56 Å². The SMILES string of the molecule is Cc1ccc(NC(=O)c2c(F)c(F)c(CN3CCN(C)CC3)c(F)c2F)cc1Nc1nc(-c2cccnc2)cs1.Cc1ccc(NC(=O)c2ccc(CN3CCN(C)CC3)c(C(F)(F)F)c2)cc1Cc1nc(-c2cccnc2)cs1.